The van der Waals surface area contributed by atoms with Crippen LogP contribution in [0.2, 0.25) is 0 Å². The normalized spacial score (nSPS) is 22.4. The summed E-state index contributed by atoms with van der Waals surface area (Å²) in [7, 11) is 0. The van der Waals surface area contributed by atoms with Gasteiger partial charge in [-0.3, -0.25) is 4.79 Å². The second-order valence-electron chi connectivity index (χ2n) is 6.74. The number of hydrogen-bond donors (Lipinski definition) is 2. The fourth-order valence-corrected chi connectivity index (χ4v) is 2.62. The molecular weight excluding hydrogens is 280 g/mol. The van der Waals surface area contributed by atoms with E-state index in [1.165, 1.54) is 0 Å². The van der Waals surface area contributed by atoms with Crippen molar-refractivity contribution in [2.75, 3.05) is 18.0 Å². The van der Waals surface area contributed by atoms with Crippen molar-refractivity contribution < 1.29 is 9.90 Å². The van der Waals surface area contributed by atoms with Gasteiger partial charge in [-0.05, 0) is 18.8 Å². The molecule has 1 aliphatic heterocycles. The average Bonchev–Trinajstić information content (AvgIpc) is 2.46. The molecule has 22 heavy (non-hydrogen) atoms. The molecule has 1 aromatic rings. The van der Waals surface area contributed by atoms with Crippen molar-refractivity contribution in [2.45, 2.75) is 58.0 Å². The lowest BCUT2D eigenvalue weighted by atomic mass is 9.92. The Morgan fingerprint density at radius 3 is 2.55 bits per heavy atom. The Kier molecular flexibility index (Phi) is 4.70. The van der Waals surface area contributed by atoms with Crippen LogP contribution in [0.1, 0.15) is 63.9 Å². The van der Waals surface area contributed by atoms with Crippen LogP contribution in [0.4, 0.5) is 5.82 Å². The maximum atomic E-state index is 11.5. The minimum atomic E-state index is -1.47. The fourth-order valence-electron chi connectivity index (χ4n) is 2.62. The lowest BCUT2D eigenvalue weighted by molar-refractivity contribution is -0.137. The zero-order chi connectivity index (χ0) is 16.5. The first kappa shape index (κ1) is 16.7. The van der Waals surface area contributed by atoms with E-state index in [0.717, 1.165) is 23.9 Å². The summed E-state index contributed by atoms with van der Waals surface area (Å²) in [4.78, 5) is 22.7. The van der Waals surface area contributed by atoms with Gasteiger partial charge in [-0.2, -0.15) is 0 Å². The zero-order valence-electron chi connectivity index (χ0n) is 13.8. The lowest BCUT2D eigenvalue weighted by Crippen LogP contribution is -2.56. The Morgan fingerprint density at radius 1 is 1.32 bits per heavy atom. The Hall–Kier alpha value is -1.69. The molecule has 0 bridgehead atoms. The molecule has 0 aliphatic carbocycles. The van der Waals surface area contributed by atoms with Gasteiger partial charge >= 0.3 is 0 Å². The molecule has 6 heteroatoms. The predicted molar refractivity (Wildman–Crippen MR) is 85.8 cm³/mol. The first-order valence-corrected chi connectivity index (χ1v) is 7.89. The molecule has 1 aliphatic rings. The van der Waals surface area contributed by atoms with Crippen molar-refractivity contribution in [1.82, 2.24) is 9.97 Å². The fraction of sp³-hybridized carbons (Fsp3) is 0.688. The van der Waals surface area contributed by atoms with E-state index in [2.05, 4.69) is 37.7 Å². The van der Waals surface area contributed by atoms with E-state index in [1.54, 1.807) is 0 Å². The van der Waals surface area contributed by atoms with Crippen LogP contribution in [0, 0.1) is 0 Å². The van der Waals surface area contributed by atoms with Crippen LogP contribution < -0.4 is 10.6 Å². The van der Waals surface area contributed by atoms with E-state index >= 15 is 0 Å². The average molecular weight is 306 g/mol. The van der Waals surface area contributed by atoms with Crippen molar-refractivity contribution in [3.63, 3.8) is 0 Å². The highest BCUT2D eigenvalue weighted by molar-refractivity contribution is 5.84. The van der Waals surface area contributed by atoms with Gasteiger partial charge in [0.05, 0.1) is 6.54 Å². The van der Waals surface area contributed by atoms with Gasteiger partial charge in [0, 0.05) is 24.2 Å². The van der Waals surface area contributed by atoms with Crippen LogP contribution in [0.3, 0.4) is 0 Å². The number of hydrogen-bond acceptors (Lipinski definition) is 5. The van der Waals surface area contributed by atoms with Crippen molar-refractivity contribution >= 4 is 11.7 Å². The Morgan fingerprint density at radius 2 is 2.00 bits per heavy atom. The van der Waals surface area contributed by atoms with E-state index in [4.69, 9.17) is 5.73 Å². The lowest BCUT2D eigenvalue weighted by Gasteiger charge is -2.38. The summed E-state index contributed by atoms with van der Waals surface area (Å²) in [5.41, 5.74) is 4.85. The first-order chi connectivity index (χ1) is 10.2. The highest BCUT2D eigenvalue weighted by Gasteiger charge is 2.39. The van der Waals surface area contributed by atoms with E-state index in [1.807, 2.05) is 11.0 Å². The molecule has 0 saturated carbocycles. The van der Waals surface area contributed by atoms with Gasteiger partial charge in [0.15, 0.2) is 5.60 Å². The molecule has 0 radical (unpaired) electrons. The third-order valence-electron chi connectivity index (χ3n) is 4.11. The molecule has 6 nitrogen and oxygen atoms in total. The van der Waals surface area contributed by atoms with Gasteiger partial charge < -0.3 is 15.7 Å². The van der Waals surface area contributed by atoms with Gasteiger partial charge in [-0.15, -0.1) is 0 Å². The highest BCUT2D eigenvalue weighted by atomic mass is 16.3. The minimum absolute atomic E-state index is 0.189. The summed E-state index contributed by atoms with van der Waals surface area (Å²) in [6.45, 7) is 9.23. The molecule has 1 amide bonds. The summed E-state index contributed by atoms with van der Waals surface area (Å²) < 4.78 is 0. The number of aliphatic hydroxyl groups is 1. The molecule has 1 fully saturated rings. The second-order valence-corrected chi connectivity index (χ2v) is 6.74. The summed E-state index contributed by atoms with van der Waals surface area (Å²) in [5, 5.41) is 10.4. The van der Waals surface area contributed by atoms with Gasteiger partial charge in [-0.1, -0.05) is 27.7 Å². The van der Waals surface area contributed by atoms with Crippen molar-refractivity contribution in [1.29, 1.82) is 0 Å². The SMILES string of the molecule is CC(C)c1cc(N2CCC[C@](O)(C(N)=O)C2)nc(C(C)C)n1. The Balaban J connectivity index is 2.36. The minimum Gasteiger partial charge on any atom is -0.378 e. The predicted octanol–water partition coefficient (Wildman–Crippen LogP) is 1.54. The standard InChI is InChI=1S/C16H26N4O2/c1-10(2)12-8-13(19-14(18-12)11(3)4)20-7-5-6-16(22,9-20)15(17)21/h8,10-11,22H,5-7,9H2,1-4H3,(H2,17,21)/t16-/m1/s1. The van der Waals surface area contributed by atoms with Crippen LogP contribution in [-0.2, 0) is 4.79 Å². The van der Waals surface area contributed by atoms with Crippen molar-refractivity contribution in [3.8, 4) is 0 Å². The molecule has 0 aromatic carbocycles. The van der Waals surface area contributed by atoms with Crippen molar-refractivity contribution in [2.24, 2.45) is 5.73 Å². The number of carbonyl (C=O) groups excluding carboxylic acids is 1. The molecule has 0 spiro atoms. The molecule has 1 atom stereocenters. The molecule has 2 heterocycles. The number of primary amides is 1. The number of aromatic nitrogens is 2. The maximum absolute atomic E-state index is 11.5. The first-order valence-electron chi connectivity index (χ1n) is 7.89. The van der Waals surface area contributed by atoms with Crippen LogP contribution in [0.5, 0.6) is 0 Å². The largest absolute Gasteiger partial charge is 0.378 e. The number of nitrogens with zero attached hydrogens (tertiary/aromatic N) is 3. The summed E-state index contributed by atoms with van der Waals surface area (Å²) in [6.07, 6.45) is 1.11. The van der Waals surface area contributed by atoms with Gasteiger partial charge in [-0.25, -0.2) is 9.97 Å². The molecule has 3 N–H and O–H groups in total. The van der Waals surface area contributed by atoms with Crippen molar-refractivity contribution in [3.05, 3.63) is 17.6 Å². The molecule has 122 valence electrons. The molecular formula is C16H26N4O2. The molecule has 1 saturated heterocycles. The Labute approximate surface area is 131 Å². The Bertz CT molecular complexity index is 533. The number of rotatable bonds is 4. The summed E-state index contributed by atoms with van der Waals surface area (Å²) in [6, 6.07) is 1.95. The monoisotopic (exact) mass is 306 g/mol. The number of anilines is 1. The van der Waals surface area contributed by atoms with Crippen LogP contribution >= 0.6 is 0 Å². The maximum Gasteiger partial charge on any atom is 0.251 e. The van der Waals surface area contributed by atoms with Gasteiger partial charge in [0.1, 0.15) is 11.6 Å². The molecule has 1 aromatic heterocycles. The van der Waals surface area contributed by atoms with E-state index in [0.29, 0.717) is 18.8 Å². The van der Waals surface area contributed by atoms with Crippen LogP contribution in [0.15, 0.2) is 6.07 Å². The topological polar surface area (TPSA) is 92.3 Å². The van der Waals surface area contributed by atoms with Gasteiger partial charge in [0.2, 0.25) is 0 Å². The number of piperidine rings is 1. The number of nitrogens with two attached hydrogens (primary N) is 1. The quantitative estimate of drug-likeness (QED) is 0.880. The number of carbonyl (C=O) groups is 1. The number of amides is 1. The smallest absolute Gasteiger partial charge is 0.251 e. The number of β-amino-alcohol motifs (C(OH)–C–C–N with tert-alkyl or cyclic N) is 1. The summed E-state index contributed by atoms with van der Waals surface area (Å²) >= 11 is 0. The van der Waals surface area contributed by atoms with E-state index < -0.39 is 11.5 Å². The molecule has 2 rings (SSSR count). The third-order valence-corrected chi connectivity index (χ3v) is 4.11. The van der Waals surface area contributed by atoms with Crippen LogP contribution in [0.25, 0.3) is 0 Å². The van der Waals surface area contributed by atoms with E-state index in [9.17, 15) is 9.90 Å². The molecule has 0 unspecified atom stereocenters. The highest BCUT2D eigenvalue weighted by Crippen LogP contribution is 2.27. The summed E-state index contributed by atoms with van der Waals surface area (Å²) in [5.74, 6) is 1.40. The third kappa shape index (κ3) is 3.38. The van der Waals surface area contributed by atoms with Gasteiger partial charge in [0.25, 0.3) is 5.91 Å². The zero-order valence-corrected chi connectivity index (χ0v) is 13.8. The second kappa shape index (κ2) is 6.20. The van der Waals surface area contributed by atoms with Crippen LogP contribution in [-0.4, -0.2) is 39.7 Å². The van der Waals surface area contributed by atoms with E-state index in [-0.39, 0.29) is 12.5 Å².